The van der Waals surface area contributed by atoms with Crippen molar-refractivity contribution in [1.29, 1.82) is 0 Å². The van der Waals surface area contributed by atoms with Crippen LogP contribution in [0.25, 0.3) is 0 Å². The van der Waals surface area contributed by atoms with Gasteiger partial charge in [0.15, 0.2) is 0 Å². The van der Waals surface area contributed by atoms with Gasteiger partial charge in [0.25, 0.3) is 0 Å². The number of hydrogen-bond donors (Lipinski definition) is 1. The number of carbonyl (C=O) groups is 1. The van der Waals surface area contributed by atoms with Gasteiger partial charge in [-0.1, -0.05) is 160 Å². The Balaban J connectivity index is 3.18. The lowest BCUT2D eigenvalue weighted by molar-refractivity contribution is -0.143. The van der Waals surface area contributed by atoms with Crippen LogP contribution in [0.4, 0.5) is 0 Å². The van der Waals surface area contributed by atoms with Crippen molar-refractivity contribution in [2.24, 2.45) is 0 Å². The molecule has 1 N–H and O–H groups in total. The van der Waals surface area contributed by atoms with Crippen molar-refractivity contribution in [3.8, 4) is 0 Å². The summed E-state index contributed by atoms with van der Waals surface area (Å²) in [7, 11) is 0. The Kier molecular flexibility index (Phi) is 34.4. The van der Waals surface area contributed by atoms with Crippen LogP contribution in [-0.2, 0) is 9.53 Å². The topological polar surface area (TPSA) is 46.5 Å². The Morgan fingerprint density at radius 1 is 0.487 bits per heavy atom. The minimum atomic E-state index is 0.0103. The van der Waals surface area contributed by atoms with Crippen LogP contribution in [-0.4, -0.2) is 24.3 Å². The molecule has 232 valence electrons. The van der Waals surface area contributed by atoms with Gasteiger partial charge in [-0.05, 0) is 44.9 Å². The average Bonchev–Trinajstić information content (AvgIpc) is 2.94. The molecule has 39 heavy (non-hydrogen) atoms. The van der Waals surface area contributed by atoms with Crippen LogP contribution in [0.5, 0.6) is 0 Å². The van der Waals surface area contributed by atoms with E-state index in [4.69, 9.17) is 9.84 Å². The molecular weight excluding hydrogens is 480 g/mol. The third kappa shape index (κ3) is 35.1. The standard InChI is InChI=1S/C36H70O3/c1-2-3-4-5-6-7-8-9-10-14-17-20-23-26-29-32-35-39-36(38)33-30-27-24-21-18-15-12-11-13-16-19-22-25-28-31-34-37/h9-10,37H,2-8,11-35H2,1H3. The molecule has 0 aromatic rings. The Hall–Kier alpha value is -0.830. The van der Waals surface area contributed by atoms with Gasteiger partial charge in [-0.2, -0.15) is 0 Å². The summed E-state index contributed by atoms with van der Waals surface area (Å²) in [6.45, 7) is 3.24. The SMILES string of the molecule is CCCCCCCCC=CCCCCCCCCOC(=O)CCCCCCCCCCCCCCCCCO. The summed E-state index contributed by atoms with van der Waals surface area (Å²) in [6, 6.07) is 0. The van der Waals surface area contributed by atoms with E-state index in [0.717, 1.165) is 19.3 Å². The molecular formula is C36H70O3. The molecule has 0 fully saturated rings. The number of allylic oxidation sites excluding steroid dienone is 2. The fourth-order valence-electron chi connectivity index (χ4n) is 5.29. The first-order valence-electron chi connectivity index (χ1n) is 17.7. The second kappa shape index (κ2) is 35.2. The van der Waals surface area contributed by atoms with E-state index < -0.39 is 0 Å². The lowest BCUT2D eigenvalue weighted by atomic mass is 10.0. The Labute approximate surface area is 245 Å². The smallest absolute Gasteiger partial charge is 0.305 e. The van der Waals surface area contributed by atoms with E-state index in [9.17, 15) is 4.79 Å². The lowest BCUT2D eigenvalue weighted by Gasteiger charge is -2.05. The predicted molar refractivity (Wildman–Crippen MR) is 171 cm³/mol. The largest absolute Gasteiger partial charge is 0.466 e. The number of aliphatic hydroxyl groups is 1. The Morgan fingerprint density at radius 3 is 1.28 bits per heavy atom. The van der Waals surface area contributed by atoms with Gasteiger partial charge in [0, 0.05) is 13.0 Å². The highest BCUT2D eigenvalue weighted by Crippen LogP contribution is 2.14. The first-order chi connectivity index (χ1) is 19.3. The molecule has 0 heterocycles. The molecule has 0 saturated carbocycles. The van der Waals surface area contributed by atoms with Gasteiger partial charge in [0.2, 0.25) is 0 Å². The Morgan fingerprint density at radius 2 is 0.846 bits per heavy atom. The van der Waals surface area contributed by atoms with Crippen molar-refractivity contribution in [2.75, 3.05) is 13.2 Å². The molecule has 0 aromatic heterocycles. The molecule has 0 spiro atoms. The van der Waals surface area contributed by atoms with Crippen LogP contribution >= 0.6 is 0 Å². The fourth-order valence-corrected chi connectivity index (χ4v) is 5.29. The summed E-state index contributed by atoms with van der Waals surface area (Å²) >= 11 is 0. The van der Waals surface area contributed by atoms with Gasteiger partial charge in [0.1, 0.15) is 0 Å². The van der Waals surface area contributed by atoms with Crippen LogP contribution in [0.3, 0.4) is 0 Å². The monoisotopic (exact) mass is 551 g/mol. The van der Waals surface area contributed by atoms with E-state index in [0.29, 0.717) is 19.6 Å². The molecule has 0 atom stereocenters. The minimum absolute atomic E-state index is 0.0103. The molecule has 0 bridgehead atoms. The summed E-state index contributed by atoms with van der Waals surface area (Å²) in [5.74, 6) is 0.0103. The minimum Gasteiger partial charge on any atom is -0.466 e. The lowest BCUT2D eigenvalue weighted by Crippen LogP contribution is -2.05. The van der Waals surface area contributed by atoms with Gasteiger partial charge in [-0.3, -0.25) is 4.79 Å². The van der Waals surface area contributed by atoms with E-state index in [1.54, 1.807) is 0 Å². The van der Waals surface area contributed by atoms with Gasteiger partial charge in [-0.25, -0.2) is 0 Å². The summed E-state index contributed by atoms with van der Waals surface area (Å²) in [5.41, 5.74) is 0. The molecule has 0 aromatic carbocycles. The van der Waals surface area contributed by atoms with Crippen LogP contribution in [0.2, 0.25) is 0 Å². The van der Waals surface area contributed by atoms with Crippen molar-refractivity contribution >= 4 is 5.97 Å². The molecule has 0 amide bonds. The molecule has 3 heteroatoms. The maximum Gasteiger partial charge on any atom is 0.305 e. The molecule has 0 aliphatic carbocycles. The second-order valence-corrected chi connectivity index (χ2v) is 11.9. The van der Waals surface area contributed by atoms with Crippen LogP contribution in [0.15, 0.2) is 12.2 Å². The first kappa shape index (κ1) is 38.2. The summed E-state index contributed by atoms with van der Waals surface area (Å²) in [5, 5.41) is 8.78. The quantitative estimate of drug-likeness (QED) is 0.0502. The van der Waals surface area contributed by atoms with Crippen molar-refractivity contribution in [3.05, 3.63) is 12.2 Å². The maximum absolute atomic E-state index is 11.9. The van der Waals surface area contributed by atoms with E-state index >= 15 is 0 Å². The third-order valence-corrected chi connectivity index (χ3v) is 7.96. The molecule has 0 aliphatic rings. The van der Waals surface area contributed by atoms with Gasteiger partial charge in [-0.15, -0.1) is 0 Å². The zero-order chi connectivity index (χ0) is 28.3. The second-order valence-electron chi connectivity index (χ2n) is 11.9. The normalized spacial score (nSPS) is 11.5. The third-order valence-electron chi connectivity index (χ3n) is 7.96. The van der Waals surface area contributed by atoms with Crippen molar-refractivity contribution < 1.29 is 14.6 Å². The van der Waals surface area contributed by atoms with Crippen molar-refractivity contribution in [3.63, 3.8) is 0 Å². The predicted octanol–water partition coefficient (Wildman–Crippen LogP) is 11.8. The van der Waals surface area contributed by atoms with E-state index in [1.165, 1.54) is 167 Å². The molecule has 0 radical (unpaired) electrons. The number of aliphatic hydroxyl groups excluding tert-OH is 1. The number of unbranched alkanes of at least 4 members (excludes halogenated alkanes) is 26. The van der Waals surface area contributed by atoms with Crippen molar-refractivity contribution in [1.82, 2.24) is 0 Å². The van der Waals surface area contributed by atoms with Gasteiger partial charge >= 0.3 is 5.97 Å². The number of rotatable bonds is 33. The number of carbonyl (C=O) groups excluding carboxylic acids is 1. The fraction of sp³-hybridized carbons (Fsp3) is 0.917. The summed E-state index contributed by atoms with van der Waals surface area (Å²) in [6.07, 6.45) is 42.8. The van der Waals surface area contributed by atoms with Gasteiger partial charge < -0.3 is 9.84 Å². The molecule has 0 unspecified atom stereocenters. The van der Waals surface area contributed by atoms with E-state index in [-0.39, 0.29) is 5.97 Å². The summed E-state index contributed by atoms with van der Waals surface area (Å²) < 4.78 is 5.43. The molecule has 0 saturated heterocycles. The highest BCUT2D eigenvalue weighted by molar-refractivity contribution is 5.69. The van der Waals surface area contributed by atoms with Gasteiger partial charge in [0.05, 0.1) is 6.61 Å². The van der Waals surface area contributed by atoms with Crippen molar-refractivity contribution in [2.45, 2.75) is 200 Å². The maximum atomic E-state index is 11.9. The van der Waals surface area contributed by atoms with Crippen LogP contribution in [0.1, 0.15) is 200 Å². The molecule has 3 nitrogen and oxygen atoms in total. The highest BCUT2D eigenvalue weighted by atomic mass is 16.5. The zero-order valence-electron chi connectivity index (χ0n) is 26.5. The highest BCUT2D eigenvalue weighted by Gasteiger charge is 2.02. The van der Waals surface area contributed by atoms with Crippen LogP contribution < -0.4 is 0 Å². The van der Waals surface area contributed by atoms with Crippen LogP contribution in [0, 0.1) is 0 Å². The zero-order valence-corrected chi connectivity index (χ0v) is 26.5. The average molecular weight is 551 g/mol. The van der Waals surface area contributed by atoms with E-state index in [2.05, 4.69) is 19.1 Å². The first-order valence-corrected chi connectivity index (χ1v) is 17.7. The molecule has 0 aliphatic heterocycles. The molecule has 0 rings (SSSR count). The number of ether oxygens (including phenoxy) is 1. The van der Waals surface area contributed by atoms with E-state index in [1.807, 2.05) is 0 Å². The number of esters is 1. The number of hydrogen-bond acceptors (Lipinski definition) is 3. The summed E-state index contributed by atoms with van der Waals surface area (Å²) in [4.78, 5) is 11.9. The Bertz CT molecular complexity index is 488.